The molecule has 0 radical (unpaired) electrons. The van der Waals surface area contributed by atoms with Gasteiger partial charge in [-0.05, 0) is 117 Å². The first-order valence-corrected chi connectivity index (χ1v) is 21.8. The summed E-state index contributed by atoms with van der Waals surface area (Å²) in [6.45, 7) is 9.53. The lowest BCUT2D eigenvalue weighted by Gasteiger charge is -2.35. The Balaban J connectivity index is 1.05. The number of aromatic nitrogens is 4. The van der Waals surface area contributed by atoms with Crippen molar-refractivity contribution in [1.82, 2.24) is 18.7 Å². The summed E-state index contributed by atoms with van der Waals surface area (Å²) in [6, 6.07) is 60.5. The first-order valence-electron chi connectivity index (χ1n) is 21.8. The van der Waals surface area contributed by atoms with Crippen LogP contribution in [0.1, 0.15) is 58.1 Å². The van der Waals surface area contributed by atoms with Crippen LogP contribution in [0.3, 0.4) is 0 Å². The Morgan fingerprint density at radius 3 is 1.61 bits per heavy atom. The number of para-hydroxylation sites is 4. The van der Waals surface area contributed by atoms with Crippen molar-refractivity contribution < 1.29 is 4.42 Å². The third-order valence-electron chi connectivity index (χ3n) is 14.0. The van der Waals surface area contributed by atoms with E-state index in [2.05, 4.69) is 198 Å². The summed E-state index contributed by atoms with van der Waals surface area (Å²) in [5.41, 5.74) is 13.1. The molecule has 5 heteroatoms. The molecule has 12 aromatic rings. The van der Waals surface area contributed by atoms with E-state index >= 15 is 0 Å². The van der Waals surface area contributed by atoms with Crippen molar-refractivity contribution in [3.05, 3.63) is 181 Å². The molecule has 0 aliphatic heterocycles. The molecule has 0 N–H and O–H groups in total. The van der Waals surface area contributed by atoms with Crippen molar-refractivity contribution in [2.24, 2.45) is 0 Å². The maximum Gasteiger partial charge on any atom is 0.153 e. The average Bonchev–Trinajstić information content (AvgIpc) is 4.05. The van der Waals surface area contributed by atoms with Crippen LogP contribution in [0.25, 0.3) is 93.2 Å². The van der Waals surface area contributed by atoms with Gasteiger partial charge in [0, 0.05) is 71.7 Å². The van der Waals surface area contributed by atoms with E-state index in [-0.39, 0.29) is 11.1 Å². The summed E-state index contributed by atoms with van der Waals surface area (Å²) in [5.74, 6) is 0. The highest BCUT2D eigenvalue weighted by Crippen LogP contribution is 2.45. The highest BCUT2D eigenvalue weighted by Gasteiger charge is 2.35. The molecule has 296 valence electrons. The van der Waals surface area contributed by atoms with Crippen LogP contribution < -0.4 is 0 Å². The summed E-state index contributed by atoms with van der Waals surface area (Å²) in [6.07, 6.45) is 4.83. The summed E-state index contributed by atoms with van der Waals surface area (Å²) in [7, 11) is 0. The molecule has 5 aromatic heterocycles. The van der Waals surface area contributed by atoms with E-state index in [0.29, 0.717) is 0 Å². The van der Waals surface area contributed by atoms with E-state index in [1.165, 1.54) is 76.5 Å². The van der Waals surface area contributed by atoms with E-state index in [1.54, 1.807) is 0 Å². The third kappa shape index (κ3) is 4.98. The zero-order valence-corrected chi connectivity index (χ0v) is 35.0. The fourth-order valence-corrected chi connectivity index (χ4v) is 11.0. The maximum atomic E-state index is 6.17. The van der Waals surface area contributed by atoms with Gasteiger partial charge in [-0.2, -0.15) is 0 Å². The van der Waals surface area contributed by atoms with Gasteiger partial charge in [-0.1, -0.05) is 105 Å². The van der Waals surface area contributed by atoms with Crippen molar-refractivity contribution >= 4 is 87.5 Å². The Hall–Kier alpha value is -7.11. The Morgan fingerprint density at radius 1 is 0.459 bits per heavy atom. The number of hydrogen-bond acceptors (Lipinski definition) is 2. The number of hydrogen-bond donors (Lipinski definition) is 0. The minimum atomic E-state index is -0.347. The largest absolute Gasteiger partial charge is 0.454 e. The van der Waals surface area contributed by atoms with Crippen LogP contribution in [0, 0.1) is 0 Å². The lowest BCUT2D eigenvalue weighted by molar-refractivity contribution is 0.380. The van der Waals surface area contributed by atoms with E-state index in [4.69, 9.17) is 4.42 Å². The van der Waals surface area contributed by atoms with E-state index in [1.807, 2.05) is 18.3 Å². The number of pyridine rings is 1. The molecule has 0 aliphatic rings. The van der Waals surface area contributed by atoms with Crippen molar-refractivity contribution in [3.63, 3.8) is 0 Å². The number of fused-ring (bicyclic) bond motifs is 12. The third-order valence-corrected chi connectivity index (χ3v) is 14.0. The molecule has 61 heavy (non-hydrogen) atoms. The quantitative estimate of drug-likeness (QED) is 0.154. The zero-order valence-electron chi connectivity index (χ0n) is 35.0. The van der Waals surface area contributed by atoms with Gasteiger partial charge in [0.1, 0.15) is 11.1 Å². The smallest absolute Gasteiger partial charge is 0.153 e. The van der Waals surface area contributed by atoms with Gasteiger partial charge in [-0.15, -0.1) is 0 Å². The standard InChI is InChI=1S/C56H46N4O/c1-5-31-56(4,60-48-21-12-8-16-39(48)40-17-9-13-22-49(40)60)37-26-29-51-44(34-37)42-19-10-14-23-50(42)59(51)55(3,6-2)36-25-28-47-43(33-36)41-18-7-11-20-46(41)58(47)38-27-30-52-45(35-38)54-53(61-52)24-15-32-57-54/h7-30,32-35H,5-6,31H2,1-4H3. The Bertz CT molecular complexity index is 3660. The van der Waals surface area contributed by atoms with E-state index < -0.39 is 0 Å². The fraction of sp³-hybridized carbons (Fsp3) is 0.161. The van der Waals surface area contributed by atoms with Gasteiger partial charge in [0.05, 0.1) is 22.1 Å². The Labute approximate surface area is 354 Å². The van der Waals surface area contributed by atoms with Crippen molar-refractivity contribution in [1.29, 1.82) is 0 Å². The van der Waals surface area contributed by atoms with Gasteiger partial charge >= 0.3 is 0 Å². The molecule has 0 saturated heterocycles. The number of benzene rings is 7. The van der Waals surface area contributed by atoms with Crippen LogP contribution in [0.5, 0.6) is 0 Å². The van der Waals surface area contributed by atoms with Crippen molar-refractivity contribution in [2.45, 2.75) is 58.0 Å². The molecule has 0 fully saturated rings. The van der Waals surface area contributed by atoms with Gasteiger partial charge in [0.2, 0.25) is 0 Å². The summed E-state index contributed by atoms with van der Waals surface area (Å²) >= 11 is 0. The molecule has 2 atom stereocenters. The highest BCUT2D eigenvalue weighted by molar-refractivity contribution is 6.12. The normalized spacial score (nSPS) is 14.4. The molecule has 0 aliphatic carbocycles. The number of rotatable bonds is 8. The minimum Gasteiger partial charge on any atom is -0.454 e. The second-order valence-corrected chi connectivity index (χ2v) is 17.3. The molecule has 0 spiro atoms. The van der Waals surface area contributed by atoms with Gasteiger partial charge in [-0.3, -0.25) is 4.98 Å². The number of furan rings is 1. The molecule has 0 saturated carbocycles. The predicted molar refractivity (Wildman–Crippen MR) is 255 cm³/mol. The van der Waals surface area contributed by atoms with Gasteiger partial charge in [-0.25, -0.2) is 0 Å². The molecule has 0 bridgehead atoms. The van der Waals surface area contributed by atoms with Crippen LogP contribution in [0.15, 0.2) is 174 Å². The lowest BCUT2D eigenvalue weighted by Crippen LogP contribution is -2.32. The van der Waals surface area contributed by atoms with Crippen LogP contribution in [-0.4, -0.2) is 18.7 Å². The molecular weight excluding hydrogens is 745 g/mol. The van der Waals surface area contributed by atoms with Crippen LogP contribution in [-0.2, 0) is 11.1 Å². The average molecular weight is 791 g/mol. The monoisotopic (exact) mass is 790 g/mol. The molecular formula is C56H46N4O. The Morgan fingerprint density at radius 2 is 0.967 bits per heavy atom. The predicted octanol–water partition coefficient (Wildman–Crippen LogP) is 15.0. The molecule has 0 amide bonds. The van der Waals surface area contributed by atoms with Gasteiger partial charge in [0.25, 0.3) is 0 Å². The maximum absolute atomic E-state index is 6.17. The first kappa shape index (κ1) is 35.8. The summed E-state index contributed by atoms with van der Waals surface area (Å²) < 4.78 is 13.8. The fourth-order valence-electron chi connectivity index (χ4n) is 11.0. The summed E-state index contributed by atoms with van der Waals surface area (Å²) in [4.78, 5) is 4.68. The number of nitrogens with zero attached hydrogens (tertiary/aromatic N) is 4. The highest BCUT2D eigenvalue weighted by atomic mass is 16.3. The van der Waals surface area contributed by atoms with Gasteiger partial charge in [0.15, 0.2) is 5.58 Å². The van der Waals surface area contributed by atoms with Gasteiger partial charge < -0.3 is 18.1 Å². The minimum absolute atomic E-state index is 0.270. The van der Waals surface area contributed by atoms with Crippen LogP contribution in [0.4, 0.5) is 0 Å². The topological polar surface area (TPSA) is 40.8 Å². The second kappa shape index (κ2) is 13.2. The first-order chi connectivity index (χ1) is 29.9. The van der Waals surface area contributed by atoms with E-state index in [0.717, 1.165) is 47.0 Å². The van der Waals surface area contributed by atoms with E-state index in [9.17, 15) is 0 Å². The van der Waals surface area contributed by atoms with Crippen molar-refractivity contribution in [3.8, 4) is 5.69 Å². The van der Waals surface area contributed by atoms with Crippen LogP contribution >= 0.6 is 0 Å². The second-order valence-electron chi connectivity index (χ2n) is 17.3. The zero-order chi connectivity index (χ0) is 41.0. The Kier molecular flexibility index (Phi) is 7.74. The van der Waals surface area contributed by atoms with Crippen LogP contribution in [0.2, 0.25) is 0 Å². The SMILES string of the molecule is CCCC(C)(c1ccc2c(c1)c1ccccc1n2C(C)(CC)c1ccc2c(c1)c1ccccc1n2-c1ccc2oc3cccnc3c2c1)n1c2ccccc2c2ccccc21. The molecule has 2 unspecified atom stereocenters. The molecule has 5 nitrogen and oxygen atoms in total. The molecule has 12 rings (SSSR count). The molecule has 7 aromatic carbocycles. The van der Waals surface area contributed by atoms with Crippen molar-refractivity contribution in [2.75, 3.05) is 0 Å². The summed E-state index contributed by atoms with van der Waals surface area (Å²) in [5, 5.41) is 8.70. The molecule has 5 heterocycles. The lowest BCUT2D eigenvalue weighted by atomic mass is 9.85.